The van der Waals surface area contributed by atoms with Crippen LogP contribution in [0.2, 0.25) is 0 Å². The van der Waals surface area contributed by atoms with Gasteiger partial charge >= 0.3 is 12.1 Å². The summed E-state index contributed by atoms with van der Waals surface area (Å²) < 4.78 is 59.5. The highest BCUT2D eigenvalue weighted by molar-refractivity contribution is 7.92. The Kier molecular flexibility index (Phi) is 4.94. The second-order valence-electron chi connectivity index (χ2n) is 3.95. The molecule has 1 aromatic rings. The first-order valence-corrected chi connectivity index (χ1v) is 7.07. The molecule has 21 heavy (non-hydrogen) atoms. The van der Waals surface area contributed by atoms with Crippen molar-refractivity contribution in [2.45, 2.75) is 11.1 Å². The fourth-order valence-electron chi connectivity index (χ4n) is 1.41. The highest BCUT2D eigenvalue weighted by Gasteiger charge is 2.30. The molecule has 1 aromatic carbocycles. The van der Waals surface area contributed by atoms with Crippen molar-refractivity contribution in [1.82, 2.24) is 5.32 Å². The lowest BCUT2D eigenvalue weighted by Gasteiger charge is -2.10. The molecule has 0 fully saturated rings. The molecule has 0 radical (unpaired) electrons. The molecular formula is C11H10F3NO5S. The summed E-state index contributed by atoms with van der Waals surface area (Å²) in [5.41, 5.74) is -0.555. The summed E-state index contributed by atoms with van der Waals surface area (Å²) in [5, 5.41) is 10.3. The van der Waals surface area contributed by atoms with Crippen LogP contribution < -0.4 is 5.32 Å². The van der Waals surface area contributed by atoms with Gasteiger partial charge in [-0.05, 0) is 12.1 Å². The summed E-state index contributed by atoms with van der Waals surface area (Å²) in [6.45, 7) is -1.66. The molecule has 6 nitrogen and oxygen atoms in total. The number of aromatic carboxylic acids is 1. The Morgan fingerprint density at radius 3 is 2.29 bits per heavy atom. The minimum Gasteiger partial charge on any atom is -0.478 e. The first kappa shape index (κ1) is 17.0. The van der Waals surface area contributed by atoms with Crippen LogP contribution in [0.5, 0.6) is 0 Å². The second kappa shape index (κ2) is 6.12. The summed E-state index contributed by atoms with van der Waals surface area (Å²) in [6, 6.07) is 4.51. The first-order valence-electron chi connectivity index (χ1n) is 5.41. The average molecular weight is 325 g/mol. The van der Waals surface area contributed by atoms with Crippen LogP contribution in [0.25, 0.3) is 0 Å². The molecule has 0 atom stereocenters. The van der Waals surface area contributed by atoms with Crippen molar-refractivity contribution >= 4 is 21.7 Å². The molecule has 0 bridgehead atoms. The molecule has 1 amide bonds. The first-order chi connectivity index (χ1) is 9.53. The van der Waals surface area contributed by atoms with Crippen LogP contribution in [0, 0.1) is 0 Å². The number of sulfone groups is 1. The van der Waals surface area contributed by atoms with E-state index in [1.54, 1.807) is 0 Å². The maximum absolute atomic E-state index is 11.9. The number of nitrogens with one attached hydrogen (secondary N) is 1. The van der Waals surface area contributed by atoms with Crippen molar-refractivity contribution in [3.05, 3.63) is 29.8 Å². The minimum absolute atomic E-state index is 0.555. The number of amides is 1. The molecule has 0 heterocycles. The van der Waals surface area contributed by atoms with Crippen LogP contribution in [-0.4, -0.2) is 43.9 Å². The fourth-order valence-corrected chi connectivity index (χ4v) is 2.79. The Bertz CT molecular complexity index is 654. The topological polar surface area (TPSA) is 101 Å². The van der Waals surface area contributed by atoms with Crippen molar-refractivity contribution in [3.8, 4) is 0 Å². The van der Waals surface area contributed by atoms with E-state index in [9.17, 15) is 31.2 Å². The summed E-state index contributed by atoms with van der Waals surface area (Å²) in [6.07, 6.45) is -4.67. The molecule has 0 saturated heterocycles. The maximum atomic E-state index is 11.9. The predicted octanol–water partition coefficient (Wildman–Crippen LogP) is 0.837. The molecule has 0 aromatic heterocycles. The monoisotopic (exact) mass is 325 g/mol. The predicted molar refractivity (Wildman–Crippen MR) is 64.5 cm³/mol. The largest absolute Gasteiger partial charge is 0.478 e. The third-order valence-corrected chi connectivity index (χ3v) is 3.93. The van der Waals surface area contributed by atoms with E-state index >= 15 is 0 Å². The molecule has 0 unspecified atom stereocenters. The molecule has 0 aliphatic heterocycles. The van der Waals surface area contributed by atoms with Crippen molar-refractivity contribution in [1.29, 1.82) is 0 Å². The Labute approximate surface area is 117 Å². The molecule has 0 spiro atoms. The van der Waals surface area contributed by atoms with Gasteiger partial charge in [-0.1, -0.05) is 12.1 Å². The molecule has 1 rings (SSSR count). The normalized spacial score (nSPS) is 12.0. The fraction of sp³-hybridized carbons (Fsp3) is 0.273. The Morgan fingerprint density at radius 2 is 1.76 bits per heavy atom. The van der Waals surface area contributed by atoms with Crippen LogP contribution in [0.1, 0.15) is 10.4 Å². The van der Waals surface area contributed by atoms with Crippen LogP contribution in [0.15, 0.2) is 29.2 Å². The van der Waals surface area contributed by atoms with Gasteiger partial charge in [0, 0.05) is 0 Å². The van der Waals surface area contributed by atoms with Gasteiger partial charge in [0.1, 0.15) is 12.3 Å². The van der Waals surface area contributed by atoms with Crippen molar-refractivity contribution in [2.75, 3.05) is 12.3 Å². The third kappa shape index (κ3) is 5.06. The molecule has 116 valence electrons. The van der Waals surface area contributed by atoms with Crippen molar-refractivity contribution < 1.29 is 36.3 Å². The SMILES string of the molecule is O=C(CS(=O)(=O)c1ccccc1C(=O)O)NCC(F)(F)F. The van der Waals surface area contributed by atoms with Gasteiger partial charge in [-0.15, -0.1) is 0 Å². The van der Waals surface area contributed by atoms with Gasteiger partial charge in [-0.25, -0.2) is 13.2 Å². The smallest absolute Gasteiger partial charge is 0.405 e. The number of carbonyl (C=O) groups excluding carboxylic acids is 1. The second-order valence-corrected chi connectivity index (χ2v) is 5.91. The van der Waals surface area contributed by atoms with Gasteiger partial charge in [0.15, 0.2) is 9.84 Å². The number of carboxylic acids is 1. The van der Waals surface area contributed by atoms with Crippen molar-refractivity contribution in [3.63, 3.8) is 0 Å². The van der Waals surface area contributed by atoms with Gasteiger partial charge in [0.25, 0.3) is 0 Å². The number of benzene rings is 1. The van der Waals surface area contributed by atoms with Gasteiger partial charge in [0.2, 0.25) is 5.91 Å². The van der Waals surface area contributed by atoms with Gasteiger partial charge < -0.3 is 10.4 Å². The van der Waals surface area contributed by atoms with E-state index in [-0.39, 0.29) is 0 Å². The van der Waals surface area contributed by atoms with E-state index < -0.39 is 50.6 Å². The van der Waals surface area contributed by atoms with Crippen LogP contribution in [0.3, 0.4) is 0 Å². The van der Waals surface area contributed by atoms with Gasteiger partial charge in [0.05, 0.1) is 10.5 Å². The molecule has 0 aliphatic rings. The Hall–Kier alpha value is -2.10. The van der Waals surface area contributed by atoms with E-state index in [1.165, 1.54) is 17.4 Å². The summed E-state index contributed by atoms with van der Waals surface area (Å²) in [7, 11) is -4.36. The van der Waals surface area contributed by atoms with E-state index in [0.717, 1.165) is 12.1 Å². The third-order valence-electron chi connectivity index (χ3n) is 2.26. The molecule has 0 aliphatic carbocycles. The lowest BCUT2D eigenvalue weighted by molar-refractivity contribution is -0.137. The number of carbonyl (C=O) groups is 2. The quantitative estimate of drug-likeness (QED) is 0.835. The van der Waals surface area contributed by atoms with Crippen LogP contribution >= 0.6 is 0 Å². The standard InChI is InChI=1S/C11H10F3NO5S/c12-11(13,14)6-15-9(16)5-21(19,20)8-4-2-1-3-7(8)10(17)18/h1-4H,5-6H2,(H,15,16)(H,17,18). The minimum atomic E-state index is -4.67. The zero-order chi connectivity index (χ0) is 16.3. The summed E-state index contributed by atoms with van der Waals surface area (Å²) in [5.74, 6) is -4.16. The lowest BCUT2D eigenvalue weighted by Crippen LogP contribution is -2.37. The number of halogens is 3. The number of hydrogen-bond donors (Lipinski definition) is 2. The van der Waals surface area contributed by atoms with Gasteiger partial charge in [-0.3, -0.25) is 4.79 Å². The summed E-state index contributed by atoms with van der Waals surface area (Å²) >= 11 is 0. The van der Waals surface area contributed by atoms with E-state index in [2.05, 4.69) is 0 Å². The Morgan fingerprint density at radius 1 is 1.19 bits per heavy atom. The molecule has 0 saturated carbocycles. The van der Waals surface area contributed by atoms with Crippen molar-refractivity contribution in [2.24, 2.45) is 0 Å². The lowest BCUT2D eigenvalue weighted by atomic mass is 10.2. The molecule has 2 N–H and O–H groups in total. The number of hydrogen-bond acceptors (Lipinski definition) is 4. The maximum Gasteiger partial charge on any atom is 0.405 e. The van der Waals surface area contributed by atoms with E-state index in [0.29, 0.717) is 0 Å². The number of carboxylic acid groups (broad SMARTS) is 1. The van der Waals surface area contributed by atoms with Gasteiger partial charge in [-0.2, -0.15) is 13.2 Å². The van der Waals surface area contributed by atoms with E-state index in [1.807, 2.05) is 0 Å². The van der Waals surface area contributed by atoms with E-state index in [4.69, 9.17) is 5.11 Å². The number of rotatable bonds is 5. The highest BCUT2D eigenvalue weighted by Crippen LogP contribution is 2.17. The van der Waals surface area contributed by atoms with Crippen LogP contribution in [0.4, 0.5) is 13.2 Å². The van der Waals surface area contributed by atoms with Crippen LogP contribution in [-0.2, 0) is 14.6 Å². The number of alkyl halides is 3. The zero-order valence-corrected chi connectivity index (χ0v) is 11.2. The summed E-state index contributed by atoms with van der Waals surface area (Å²) in [4.78, 5) is 21.5. The highest BCUT2D eigenvalue weighted by atomic mass is 32.2. The molecule has 10 heteroatoms. The Balaban J connectivity index is 2.93. The zero-order valence-electron chi connectivity index (χ0n) is 10.3. The average Bonchev–Trinajstić information content (AvgIpc) is 2.35. The molecular weight excluding hydrogens is 315 g/mol.